The number of ketones is 2. The Morgan fingerprint density at radius 2 is 1.34 bits per heavy atom. The third kappa shape index (κ3) is 8.00. The van der Waals surface area contributed by atoms with Crippen molar-refractivity contribution in [2.75, 3.05) is 6.54 Å². The minimum Gasteiger partial charge on any atom is -0.315 e. The molecule has 0 bridgehead atoms. The largest absolute Gasteiger partial charge is 0.417 e. The minimum absolute atomic E-state index is 0.0381. The lowest BCUT2D eigenvalue weighted by Crippen LogP contribution is -2.69. The third-order valence-corrected chi connectivity index (χ3v) is 8.98. The number of nitrogens with zero attached hydrogens (tertiary/aromatic N) is 1. The number of halogens is 7. The first-order chi connectivity index (χ1) is 23.6. The zero-order chi connectivity index (χ0) is 36.4. The van der Waals surface area contributed by atoms with Gasteiger partial charge >= 0.3 is 12.4 Å². The first-order valence-electron chi connectivity index (χ1n) is 15.5. The van der Waals surface area contributed by atoms with E-state index >= 15 is 0 Å². The van der Waals surface area contributed by atoms with Gasteiger partial charge in [-0.3, -0.25) is 14.4 Å². The average molecular weight is 713 g/mol. The molecule has 1 heterocycles. The fourth-order valence-electron chi connectivity index (χ4n) is 6.10. The molecule has 0 saturated carbocycles. The van der Waals surface area contributed by atoms with E-state index in [0.717, 1.165) is 58.5 Å². The van der Waals surface area contributed by atoms with Crippen molar-refractivity contribution >= 4 is 35.2 Å². The molecule has 0 aromatic heterocycles. The number of hydrogen-bond donors (Lipinski definition) is 1. The van der Waals surface area contributed by atoms with Gasteiger partial charge in [0.2, 0.25) is 5.91 Å². The molecule has 3 atom stereocenters. The summed E-state index contributed by atoms with van der Waals surface area (Å²) in [6.07, 6.45) is -7.47. The predicted octanol–water partition coefficient (Wildman–Crippen LogP) is 8.55. The van der Waals surface area contributed by atoms with Gasteiger partial charge in [-0.15, -0.1) is 0 Å². The maximum Gasteiger partial charge on any atom is 0.417 e. The van der Waals surface area contributed by atoms with Gasteiger partial charge in [0.1, 0.15) is 12.1 Å². The molecule has 1 amide bonds. The number of amides is 1. The molecule has 5 rings (SSSR count). The van der Waals surface area contributed by atoms with Gasteiger partial charge in [-0.1, -0.05) is 78.3 Å². The molecule has 50 heavy (non-hydrogen) atoms. The molecular weight excluding hydrogens is 682 g/mol. The molecule has 12 heteroatoms. The van der Waals surface area contributed by atoms with Crippen LogP contribution in [0.4, 0.5) is 26.3 Å². The number of nitrogens with one attached hydrogen (secondary N) is 1. The molecule has 1 saturated heterocycles. The molecule has 1 fully saturated rings. The highest BCUT2D eigenvalue weighted by molar-refractivity contribution is 6.30. The Bertz CT molecular complexity index is 1940. The highest BCUT2D eigenvalue weighted by Crippen LogP contribution is 2.36. The van der Waals surface area contributed by atoms with Gasteiger partial charge in [0.15, 0.2) is 11.6 Å². The lowest BCUT2D eigenvalue weighted by Gasteiger charge is -2.45. The molecule has 260 valence electrons. The van der Waals surface area contributed by atoms with Gasteiger partial charge in [0.05, 0.1) is 11.1 Å². The van der Waals surface area contributed by atoms with Crippen LogP contribution in [0.15, 0.2) is 97.1 Å². The average Bonchev–Trinajstić information content (AvgIpc) is 3.08. The first kappa shape index (κ1) is 36.5. The van der Waals surface area contributed by atoms with Crippen molar-refractivity contribution in [2.24, 2.45) is 0 Å². The number of aryl methyl sites for hydroxylation is 2. The highest BCUT2D eigenvalue weighted by Gasteiger charge is 2.49. The highest BCUT2D eigenvalue weighted by atomic mass is 35.5. The van der Waals surface area contributed by atoms with Crippen molar-refractivity contribution in [1.82, 2.24) is 10.2 Å². The maximum absolute atomic E-state index is 14.5. The van der Waals surface area contributed by atoms with Crippen LogP contribution in [0.25, 0.3) is 6.08 Å². The second-order valence-corrected chi connectivity index (χ2v) is 12.5. The molecule has 0 radical (unpaired) electrons. The normalized spacial score (nSPS) is 18.3. The van der Waals surface area contributed by atoms with Crippen molar-refractivity contribution in [1.29, 1.82) is 0 Å². The van der Waals surface area contributed by atoms with E-state index < -0.39 is 70.2 Å². The Balaban J connectivity index is 1.69. The van der Waals surface area contributed by atoms with E-state index in [1.165, 1.54) is 18.2 Å². The summed E-state index contributed by atoms with van der Waals surface area (Å²) in [4.78, 5) is 43.7. The van der Waals surface area contributed by atoms with E-state index in [1.54, 1.807) is 30.3 Å². The molecule has 1 aliphatic rings. The number of hydrogen-bond acceptors (Lipinski definition) is 4. The van der Waals surface area contributed by atoms with Gasteiger partial charge in [-0.05, 0) is 72.9 Å². The summed E-state index contributed by atoms with van der Waals surface area (Å²) >= 11 is 5.97. The van der Waals surface area contributed by atoms with Crippen LogP contribution in [-0.4, -0.2) is 47.0 Å². The van der Waals surface area contributed by atoms with Crippen molar-refractivity contribution in [2.45, 2.75) is 50.7 Å². The van der Waals surface area contributed by atoms with Crippen LogP contribution in [0.2, 0.25) is 5.02 Å². The van der Waals surface area contributed by atoms with E-state index in [9.17, 15) is 40.7 Å². The zero-order valence-corrected chi connectivity index (χ0v) is 27.5. The van der Waals surface area contributed by atoms with Crippen LogP contribution < -0.4 is 5.32 Å². The van der Waals surface area contributed by atoms with Gasteiger partial charge in [0, 0.05) is 34.8 Å². The molecule has 0 spiro atoms. The summed E-state index contributed by atoms with van der Waals surface area (Å²) in [6.45, 7) is 3.37. The standard InChI is InChI=1S/C38H31ClF6N2O3/c1-22-11-12-25(19-23(22)2)20-31-34(36(50)28-8-4-6-10-30(28)38(43,44)45)47(33(48)18-15-24-13-16-26(39)17-14-24)32(21-46-31)35(49)27-7-3-5-9-29(27)37(40,41)42/h3-19,31-32,34,46H,20-21H2,1-2H3/b18-15+. The quantitative estimate of drug-likeness (QED) is 0.113. The Morgan fingerprint density at radius 3 is 1.90 bits per heavy atom. The van der Waals surface area contributed by atoms with Crippen molar-refractivity contribution in [3.63, 3.8) is 0 Å². The topological polar surface area (TPSA) is 66.5 Å². The van der Waals surface area contributed by atoms with Crippen LogP contribution in [-0.2, 0) is 23.6 Å². The van der Waals surface area contributed by atoms with Gasteiger partial charge in [-0.2, -0.15) is 26.3 Å². The number of rotatable bonds is 8. The molecule has 5 nitrogen and oxygen atoms in total. The fourth-order valence-corrected chi connectivity index (χ4v) is 6.23. The molecule has 0 aliphatic carbocycles. The van der Waals surface area contributed by atoms with E-state index in [2.05, 4.69) is 5.32 Å². The van der Waals surface area contributed by atoms with E-state index in [-0.39, 0.29) is 13.0 Å². The smallest absolute Gasteiger partial charge is 0.315 e. The molecule has 4 aromatic carbocycles. The Morgan fingerprint density at radius 1 is 0.780 bits per heavy atom. The zero-order valence-electron chi connectivity index (χ0n) is 26.8. The van der Waals surface area contributed by atoms with Gasteiger partial charge < -0.3 is 10.2 Å². The van der Waals surface area contributed by atoms with Gasteiger partial charge in [-0.25, -0.2) is 0 Å². The van der Waals surface area contributed by atoms with Crippen LogP contribution in [0, 0.1) is 13.8 Å². The SMILES string of the molecule is Cc1ccc(CC2NCC(C(=O)c3ccccc3C(F)(F)F)N(C(=O)/C=C/c3ccc(Cl)cc3)C2C(=O)c2ccccc2C(F)(F)F)cc1C. The lowest BCUT2D eigenvalue weighted by atomic mass is 9.84. The van der Waals surface area contributed by atoms with Crippen LogP contribution in [0.1, 0.15) is 54.1 Å². The maximum atomic E-state index is 14.5. The molecular formula is C38H31ClF6N2O3. The van der Waals surface area contributed by atoms with E-state index in [4.69, 9.17) is 11.6 Å². The van der Waals surface area contributed by atoms with Crippen molar-refractivity contribution in [3.05, 3.63) is 147 Å². The summed E-state index contributed by atoms with van der Waals surface area (Å²) in [7, 11) is 0. The number of carbonyl (C=O) groups is 3. The Kier molecular flexibility index (Phi) is 10.7. The molecule has 3 unspecified atom stereocenters. The number of carbonyl (C=O) groups excluding carboxylic acids is 3. The number of benzene rings is 4. The molecule has 1 aliphatic heterocycles. The van der Waals surface area contributed by atoms with Crippen LogP contribution >= 0.6 is 11.6 Å². The fraction of sp³-hybridized carbons (Fsp3) is 0.237. The monoisotopic (exact) mass is 712 g/mol. The summed E-state index contributed by atoms with van der Waals surface area (Å²) < 4.78 is 85.0. The second-order valence-electron chi connectivity index (χ2n) is 12.0. The lowest BCUT2D eigenvalue weighted by molar-refractivity contribution is -0.138. The number of piperazine rings is 1. The molecule has 4 aromatic rings. The summed E-state index contributed by atoms with van der Waals surface area (Å²) in [6, 6.07) is 15.3. The summed E-state index contributed by atoms with van der Waals surface area (Å²) in [5.74, 6) is -3.23. The van der Waals surface area contributed by atoms with Crippen molar-refractivity contribution in [3.8, 4) is 0 Å². The first-order valence-corrected chi connectivity index (χ1v) is 15.9. The summed E-state index contributed by atoms with van der Waals surface area (Å²) in [5, 5.41) is 3.46. The second kappa shape index (κ2) is 14.6. The van der Waals surface area contributed by atoms with Crippen LogP contribution in [0.5, 0.6) is 0 Å². The predicted molar refractivity (Wildman–Crippen MR) is 178 cm³/mol. The van der Waals surface area contributed by atoms with Crippen molar-refractivity contribution < 1.29 is 40.7 Å². The van der Waals surface area contributed by atoms with E-state index in [0.29, 0.717) is 16.1 Å². The number of alkyl halides is 6. The summed E-state index contributed by atoms with van der Waals surface area (Å²) in [5.41, 5.74) is -0.967. The van der Waals surface area contributed by atoms with Gasteiger partial charge in [0.25, 0.3) is 0 Å². The van der Waals surface area contributed by atoms with Crippen LogP contribution in [0.3, 0.4) is 0 Å². The third-order valence-electron chi connectivity index (χ3n) is 8.73. The Hall–Kier alpha value is -4.74. The van der Waals surface area contributed by atoms with E-state index in [1.807, 2.05) is 26.0 Å². The number of Topliss-reactive ketones (excluding diaryl/α,β-unsaturated/α-hetero) is 2. The Labute approximate surface area is 289 Å². The molecule has 1 N–H and O–H groups in total. The minimum atomic E-state index is -4.96.